The van der Waals surface area contributed by atoms with Gasteiger partial charge in [-0.1, -0.05) is 48.5 Å². The van der Waals surface area contributed by atoms with Crippen LogP contribution in [0.5, 0.6) is 11.5 Å². The van der Waals surface area contributed by atoms with Crippen molar-refractivity contribution in [1.82, 2.24) is 10.4 Å². The van der Waals surface area contributed by atoms with E-state index in [4.69, 9.17) is 9.47 Å². The number of fused-ring (bicyclic) bond motifs is 1. The molecule has 0 atom stereocenters. The summed E-state index contributed by atoms with van der Waals surface area (Å²) in [6.07, 6.45) is -3.29. The van der Waals surface area contributed by atoms with E-state index < -0.39 is 29.4 Å². The number of aromatic amines is 1. The van der Waals surface area contributed by atoms with Crippen LogP contribution in [-0.4, -0.2) is 29.7 Å². The molecule has 11 heteroatoms. The summed E-state index contributed by atoms with van der Waals surface area (Å²) in [7, 11) is 0. The molecule has 0 unspecified atom stereocenters. The second kappa shape index (κ2) is 12.2. The molecule has 0 aliphatic heterocycles. The third kappa shape index (κ3) is 6.40. The first kappa shape index (κ1) is 29.1. The molecule has 7 nitrogen and oxygen atoms in total. The third-order valence-electron chi connectivity index (χ3n) is 6.35. The number of nitrogens with one attached hydrogen (secondary N) is 2. The number of H-pyrrole nitrogens is 1. The predicted molar refractivity (Wildman–Crippen MR) is 153 cm³/mol. The lowest BCUT2D eigenvalue weighted by Gasteiger charge is -2.12. The zero-order chi connectivity index (χ0) is 30.6. The second-order valence-corrected chi connectivity index (χ2v) is 9.21. The number of benzene rings is 4. The van der Waals surface area contributed by atoms with Crippen molar-refractivity contribution in [3.05, 3.63) is 119 Å². The van der Waals surface area contributed by atoms with Crippen LogP contribution >= 0.6 is 0 Å². The van der Waals surface area contributed by atoms with Crippen molar-refractivity contribution in [3.63, 3.8) is 0 Å². The van der Waals surface area contributed by atoms with Crippen molar-refractivity contribution >= 4 is 29.0 Å². The van der Waals surface area contributed by atoms with Gasteiger partial charge in [-0.2, -0.15) is 18.3 Å². The summed E-state index contributed by atoms with van der Waals surface area (Å²) in [6.45, 7) is 1.90. The number of alkyl halides is 3. The Morgan fingerprint density at radius 3 is 2.44 bits per heavy atom. The Labute approximate surface area is 242 Å². The first-order chi connectivity index (χ1) is 20.7. The number of carbonyl (C=O) groups excluding carboxylic acids is 2. The number of halogens is 4. The topological polar surface area (TPSA) is 92.8 Å². The molecule has 1 aromatic heterocycles. The quantitative estimate of drug-likeness (QED) is 0.0650. The molecule has 5 rings (SSSR count). The predicted octanol–water partition coefficient (Wildman–Crippen LogP) is 7.37. The van der Waals surface area contributed by atoms with E-state index in [0.717, 1.165) is 12.1 Å². The number of hydrogen-bond acceptors (Lipinski definition) is 5. The van der Waals surface area contributed by atoms with Crippen LogP contribution in [-0.2, 0) is 6.18 Å². The SMILES string of the molecule is CCOc1cc(C=NNC(=O)c2[nH]c3c(F)cccc3c2-c2ccccc2)ccc1OC(=O)c1cccc(C(F)(F)F)c1. The summed E-state index contributed by atoms with van der Waals surface area (Å²) in [6, 6.07) is 21.9. The van der Waals surface area contributed by atoms with Gasteiger partial charge < -0.3 is 14.5 Å². The molecule has 4 aromatic carbocycles. The number of hydrazone groups is 1. The highest BCUT2D eigenvalue weighted by molar-refractivity contribution is 6.10. The van der Waals surface area contributed by atoms with E-state index in [1.807, 2.05) is 30.3 Å². The zero-order valence-electron chi connectivity index (χ0n) is 22.5. The average Bonchev–Trinajstić information content (AvgIpc) is 3.40. The number of carbonyl (C=O) groups is 2. The molecule has 0 aliphatic carbocycles. The van der Waals surface area contributed by atoms with Crippen LogP contribution in [0, 0.1) is 5.82 Å². The van der Waals surface area contributed by atoms with Crippen molar-refractivity contribution in [2.24, 2.45) is 5.10 Å². The van der Waals surface area contributed by atoms with Crippen LogP contribution < -0.4 is 14.9 Å². The largest absolute Gasteiger partial charge is 0.490 e. The molecule has 1 amide bonds. The van der Waals surface area contributed by atoms with E-state index >= 15 is 0 Å². The second-order valence-electron chi connectivity index (χ2n) is 9.21. The Bertz CT molecular complexity index is 1830. The normalized spacial score (nSPS) is 11.6. The fourth-order valence-corrected chi connectivity index (χ4v) is 4.42. The summed E-state index contributed by atoms with van der Waals surface area (Å²) < 4.78 is 64.5. The standard InChI is InChI=1S/C32H23F4N3O4/c1-2-42-26-16-19(14-15-25(26)43-31(41)21-10-6-11-22(17-21)32(34,35)36)18-37-39-30(40)29-27(20-8-4-3-5-9-20)23-12-7-13-24(33)28(23)38-29/h3-18,38H,2H2,1H3,(H,39,40). The number of hydrogen-bond donors (Lipinski definition) is 2. The van der Waals surface area contributed by atoms with Crippen LogP contribution in [0.4, 0.5) is 17.6 Å². The maximum atomic E-state index is 14.5. The van der Waals surface area contributed by atoms with Crippen molar-refractivity contribution in [3.8, 4) is 22.6 Å². The Kier molecular flexibility index (Phi) is 8.24. The molecule has 5 aromatic rings. The van der Waals surface area contributed by atoms with Crippen LogP contribution in [0.2, 0.25) is 0 Å². The molecule has 0 bridgehead atoms. The van der Waals surface area contributed by atoms with Crippen molar-refractivity contribution < 1.29 is 36.6 Å². The number of ether oxygens (including phenoxy) is 2. The molecule has 2 N–H and O–H groups in total. The Morgan fingerprint density at radius 2 is 1.70 bits per heavy atom. The molecular weight excluding hydrogens is 566 g/mol. The summed E-state index contributed by atoms with van der Waals surface area (Å²) >= 11 is 0. The van der Waals surface area contributed by atoms with Gasteiger partial charge in [0.25, 0.3) is 5.91 Å². The summed E-state index contributed by atoms with van der Waals surface area (Å²) in [5, 5.41) is 4.55. The molecule has 1 heterocycles. The van der Waals surface area contributed by atoms with Crippen LogP contribution in [0.15, 0.2) is 96.1 Å². The minimum atomic E-state index is -4.61. The monoisotopic (exact) mass is 589 g/mol. The van der Waals surface area contributed by atoms with Gasteiger partial charge in [-0.25, -0.2) is 14.6 Å². The van der Waals surface area contributed by atoms with Crippen molar-refractivity contribution in [2.75, 3.05) is 6.61 Å². The van der Waals surface area contributed by atoms with Gasteiger partial charge in [0.15, 0.2) is 11.5 Å². The highest BCUT2D eigenvalue weighted by Gasteiger charge is 2.31. The molecule has 0 saturated heterocycles. The molecular formula is C32H23F4N3O4. The fourth-order valence-electron chi connectivity index (χ4n) is 4.42. The number of rotatable bonds is 8. The summed E-state index contributed by atoms with van der Waals surface area (Å²) in [4.78, 5) is 28.6. The van der Waals surface area contributed by atoms with Crippen molar-refractivity contribution in [2.45, 2.75) is 13.1 Å². The Morgan fingerprint density at radius 1 is 0.930 bits per heavy atom. The van der Waals surface area contributed by atoms with Crippen LogP contribution in [0.1, 0.15) is 38.9 Å². The molecule has 0 aliphatic rings. The molecule has 43 heavy (non-hydrogen) atoms. The fraction of sp³-hybridized carbons (Fsp3) is 0.0938. The van der Waals surface area contributed by atoms with E-state index in [-0.39, 0.29) is 34.9 Å². The number of esters is 1. The van der Waals surface area contributed by atoms with Gasteiger partial charge >= 0.3 is 12.1 Å². The number of nitrogens with zero attached hydrogens (tertiary/aromatic N) is 1. The van der Waals surface area contributed by atoms with Gasteiger partial charge in [0.05, 0.1) is 29.5 Å². The lowest BCUT2D eigenvalue weighted by atomic mass is 10.0. The first-order valence-electron chi connectivity index (χ1n) is 13.0. The molecule has 0 saturated carbocycles. The maximum absolute atomic E-state index is 14.5. The van der Waals surface area contributed by atoms with Gasteiger partial charge in [0.2, 0.25) is 0 Å². The van der Waals surface area contributed by atoms with E-state index in [2.05, 4.69) is 15.5 Å². The van der Waals surface area contributed by atoms with Gasteiger partial charge in [-0.15, -0.1) is 0 Å². The third-order valence-corrected chi connectivity index (χ3v) is 6.35. The number of aromatic nitrogens is 1. The van der Waals surface area contributed by atoms with E-state index in [1.54, 1.807) is 19.1 Å². The molecule has 0 spiro atoms. The minimum absolute atomic E-state index is 0.0157. The summed E-state index contributed by atoms with van der Waals surface area (Å²) in [5.74, 6) is -1.99. The van der Waals surface area contributed by atoms with Crippen LogP contribution in [0.25, 0.3) is 22.0 Å². The highest BCUT2D eigenvalue weighted by atomic mass is 19.4. The zero-order valence-corrected chi connectivity index (χ0v) is 22.5. The van der Waals surface area contributed by atoms with Gasteiger partial charge in [-0.3, -0.25) is 4.79 Å². The van der Waals surface area contributed by atoms with Gasteiger partial charge in [0.1, 0.15) is 11.5 Å². The first-order valence-corrected chi connectivity index (χ1v) is 13.0. The molecule has 0 fully saturated rings. The maximum Gasteiger partial charge on any atom is 0.416 e. The lowest BCUT2D eigenvalue weighted by Crippen LogP contribution is -2.19. The Hall–Kier alpha value is -5.45. The smallest absolute Gasteiger partial charge is 0.416 e. The van der Waals surface area contributed by atoms with E-state index in [1.165, 1.54) is 36.5 Å². The molecule has 218 valence electrons. The summed E-state index contributed by atoms with van der Waals surface area (Å²) in [5.41, 5.74) is 3.17. The van der Waals surface area contributed by atoms with Crippen molar-refractivity contribution in [1.29, 1.82) is 0 Å². The van der Waals surface area contributed by atoms with E-state index in [9.17, 15) is 27.2 Å². The number of amides is 1. The number of para-hydroxylation sites is 1. The minimum Gasteiger partial charge on any atom is -0.490 e. The Balaban J connectivity index is 1.35. The van der Waals surface area contributed by atoms with Gasteiger partial charge in [0, 0.05) is 10.9 Å². The van der Waals surface area contributed by atoms with Gasteiger partial charge in [-0.05, 0) is 60.5 Å². The average molecular weight is 590 g/mol. The van der Waals surface area contributed by atoms with E-state index in [0.29, 0.717) is 28.1 Å². The highest BCUT2D eigenvalue weighted by Crippen LogP contribution is 2.34. The molecule has 0 radical (unpaired) electrons. The van der Waals surface area contributed by atoms with Crippen LogP contribution in [0.3, 0.4) is 0 Å². The lowest BCUT2D eigenvalue weighted by molar-refractivity contribution is -0.137.